The van der Waals surface area contributed by atoms with E-state index >= 15 is 0 Å². The van der Waals surface area contributed by atoms with Crippen LogP contribution in [0.2, 0.25) is 0 Å². The summed E-state index contributed by atoms with van der Waals surface area (Å²) in [4.78, 5) is 19.3. The van der Waals surface area contributed by atoms with Crippen molar-refractivity contribution in [1.82, 2.24) is 9.97 Å². The number of oxazole rings is 1. The summed E-state index contributed by atoms with van der Waals surface area (Å²) < 4.78 is 5.87. The predicted octanol–water partition coefficient (Wildman–Crippen LogP) is 3.64. The summed E-state index contributed by atoms with van der Waals surface area (Å²) in [5, 5.41) is 0.860. The highest BCUT2D eigenvalue weighted by Gasteiger charge is 2.14. The number of hydrogen-bond acceptors (Lipinski definition) is 3. The van der Waals surface area contributed by atoms with Crippen molar-refractivity contribution in [1.29, 1.82) is 0 Å². The Bertz CT molecular complexity index is 1030. The third-order valence-electron chi connectivity index (χ3n) is 3.53. The lowest BCUT2D eigenvalue weighted by atomic mass is 10.1. The molecule has 4 heteroatoms. The first-order valence-corrected chi connectivity index (χ1v) is 6.71. The van der Waals surface area contributed by atoms with E-state index in [4.69, 9.17) is 4.42 Å². The smallest absolute Gasteiger partial charge is 0.278 e. The Morgan fingerprint density at radius 3 is 2.81 bits per heavy atom. The Morgan fingerprint density at radius 1 is 1.10 bits per heavy atom. The number of nitrogens with zero attached hydrogens (tertiary/aromatic N) is 1. The Balaban J connectivity index is 2.08. The molecule has 4 nitrogen and oxygen atoms in total. The van der Waals surface area contributed by atoms with Gasteiger partial charge < -0.3 is 9.40 Å². The number of H-pyrrole nitrogens is 1. The van der Waals surface area contributed by atoms with Crippen molar-refractivity contribution in [3.05, 3.63) is 64.4 Å². The number of aryl methyl sites for hydroxylation is 1. The van der Waals surface area contributed by atoms with Gasteiger partial charge in [-0.05, 0) is 31.2 Å². The zero-order chi connectivity index (χ0) is 14.4. The maximum absolute atomic E-state index is 12.1. The average Bonchev–Trinajstić information content (AvgIpc) is 2.93. The number of hydrogen-bond donors (Lipinski definition) is 1. The third kappa shape index (κ3) is 1.84. The normalized spacial score (nSPS) is 11.3. The van der Waals surface area contributed by atoms with Gasteiger partial charge in [-0.3, -0.25) is 4.79 Å². The van der Waals surface area contributed by atoms with E-state index in [0.717, 1.165) is 22.0 Å². The zero-order valence-electron chi connectivity index (χ0n) is 11.4. The number of nitrogens with one attached hydrogen (secondary N) is 1. The molecule has 0 aliphatic heterocycles. The van der Waals surface area contributed by atoms with E-state index in [9.17, 15) is 4.79 Å². The van der Waals surface area contributed by atoms with Crippen LogP contribution in [0.25, 0.3) is 33.5 Å². The van der Waals surface area contributed by atoms with Gasteiger partial charge in [0.25, 0.3) is 5.56 Å². The van der Waals surface area contributed by atoms with Crippen molar-refractivity contribution in [2.75, 3.05) is 0 Å². The van der Waals surface area contributed by atoms with Gasteiger partial charge in [-0.25, -0.2) is 4.98 Å². The fourth-order valence-electron chi connectivity index (χ4n) is 2.53. The highest BCUT2D eigenvalue weighted by molar-refractivity contribution is 6.00. The number of para-hydroxylation sites is 1. The van der Waals surface area contributed by atoms with Gasteiger partial charge in [0.2, 0.25) is 5.89 Å². The van der Waals surface area contributed by atoms with Crippen LogP contribution in [0.15, 0.2) is 57.7 Å². The molecular formula is C17H12N2O2. The van der Waals surface area contributed by atoms with Gasteiger partial charge in [0.1, 0.15) is 0 Å². The van der Waals surface area contributed by atoms with E-state index in [1.807, 2.05) is 55.5 Å². The van der Waals surface area contributed by atoms with Gasteiger partial charge in [0.05, 0.1) is 5.52 Å². The van der Waals surface area contributed by atoms with Crippen LogP contribution in [-0.4, -0.2) is 9.97 Å². The number of rotatable bonds is 1. The number of pyridine rings is 1. The second-order valence-corrected chi connectivity index (χ2v) is 5.07. The molecule has 4 rings (SSSR count). The molecule has 2 aromatic heterocycles. The topological polar surface area (TPSA) is 58.9 Å². The summed E-state index contributed by atoms with van der Waals surface area (Å²) in [5.74, 6) is 0.468. The van der Waals surface area contributed by atoms with E-state index in [1.165, 1.54) is 0 Å². The van der Waals surface area contributed by atoms with E-state index in [2.05, 4.69) is 9.97 Å². The lowest BCUT2D eigenvalue weighted by Crippen LogP contribution is -2.05. The molecule has 21 heavy (non-hydrogen) atoms. The van der Waals surface area contributed by atoms with Crippen LogP contribution in [-0.2, 0) is 0 Å². The Morgan fingerprint density at radius 2 is 1.95 bits per heavy atom. The fourth-order valence-corrected chi connectivity index (χ4v) is 2.53. The third-order valence-corrected chi connectivity index (χ3v) is 3.53. The van der Waals surface area contributed by atoms with Crippen molar-refractivity contribution in [3.8, 4) is 11.5 Å². The maximum atomic E-state index is 12.1. The maximum Gasteiger partial charge on any atom is 0.278 e. The van der Waals surface area contributed by atoms with Gasteiger partial charge >= 0.3 is 0 Å². The fraction of sp³-hybridized carbons (Fsp3) is 0.0588. The summed E-state index contributed by atoms with van der Waals surface area (Å²) in [7, 11) is 0. The largest absolute Gasteiger partial charge is 0.435 e. The number of fused-ring (bicyclic) bond motifs is 3. The van der Waals surface area contributed by atoms with Gasteiger partial charge in [-0.2, -0.15) is 0 Å². The molecule has 0 aliphatic rings. The van der Waals surface area contributed by atoms with Crippen LogP contribution < -0.4 is 5.56 Å². The molecule has 0 bridgehead atoms. The van der Waals surface area contributed by atoms with Crippen LogP contribution in [0.3, 0.4) is 0 Å². The van der Waals surface area contributed by atoms with Crippen molar-refractivity contribution in [2.24, 2.45) is 0 Å². The minimum atomic E-state index is -0.230. The molecule has 0 unspecified atom stereocenters. The first-order valence-electron chi connectivity index (χ1n) is 6.71. The van der Waals surface area contributed by atoms with Crippen molar-refractivity contribution < 1.29 is 4.42 Å². The van der Waals surface area contributed by atoms with E-state index in [0.29, 0.717) is 17.0 Å². The summed E-state index contributed by atoms with van der Waals surface area (Å²) in [6.07, 6.45) is 0. The summed E-state index contributed by atoms with van der Waals surface area (Å²) in [6, 6.07) is 15.4. The molecule has 0 atom stereocenters. The standard InChI is InChI=1S/C17H12N2O2/c1-10-5-4-6-11(9-10)17-19-14-15(21-17)12-7-2-3-8-13(12)18-16(14)20/h2-9H,1H3,(H,18,20). The number of benzene rings is 2. The summed E-state index contributed by atoms with van der Waals surface area (Å²) >= 11 is 0. The van der Waals surface area contributed by atoms with Gasteiger partial charge in [0.15, 0.2) is 11.1 Å². The molecule has 0 amide bonds. The minimum Gasteiger partial charge on any atom is -0.435 e. The Labute approximate surface area is 120 Å². The van der Waals surface area contributed by atoms with Crippen molar-refractivity contribution in [2.45, 2.75) is 6.92 Å². The monoisotopic (exact) mass is 276 g/mol. The van der Waals surface area contributed by atoms with E-state index in [-0.39, 0.29) is 5.56 Å². The molecule has 0 fully saturated rings. The zero-order valence-corrected chi connectivity index (χ0v) is 11.4. The molecule has 4 aromatic rings. The van der Waals surface area contributed by atoms with Crippen LogP contribution >= 0.6 is 0 Å². The van der Waals surface area contributed by atoms with Gasteiger partial charge in [-0.15, -0.1) is 0 Å². The molecule has 102 valence electrons. The predicted molar refractivity (Wildman–Crippen MR) is 82.3 cm³/mol. The molecule has 0 spiro atoms. The minimum absolute atomic E-state index is 0.230. The average molecular weight is 276 g/mol. The quantitative estimate of drug-likeness (QED) is 0.577. The van der Waals surface area contributed by atoms with Crippen LogP contribution in [0.4, 0.5) is 0 Å². The lowest BCUT2D eigenvalue weighted by Gasteiger charge is -1.97. The molecule has 2 heterocycles. The van der Waals surface area contributed by atoms with Gasteiger partial charge in [-0.1, -0.05) is 29.8 Å². The molecular weight excluding hydrogens is 264 g/mol. The summed E-state index contributed by atoms with van der Waals surface area (Å²) in [6.45, 7) is 2.01. The second-order valence-electron chi connectivity index (χ2n) is 5.07. The number of aromatic nitrogens is 2. The van der Waals surface area contributed by atoms with Crippen molar-refractivity contribution in [3.63, 3.8) is 0 Å². The van der Waals surface area contributed by atoms with Crippen LogP contribution in [0.1, 0.15) is 5.56 Å². The van der Waals surface area contributed by atoms with Gasteiger partial charge in [0, 0.05) is 10.9 Å². The van der Waals surface area contributed by atoms with Crippen molar-refractivity contribution >= 4 is 22.0 Å². The summed E-state index contributed by atoms with van der Waals surface area (Å²) in [5.41, 5.74) is 3.38. The highest BCUT2D eigenvalue weighted by atomic mass is 16.3. The second kappa shape index (κ2) is 4.31. The van der Waals surface area contributed by atoms with E-state index in [1.54, 1.807) is 0 Å². The molecule has 0 saturated heterocycles. The first kappa shape index (κ1) is 11.9. The van der Waals surface area contributed by atoms with E-state index < -0.39 is 0 Å². The van der Waals surface area contributed by atoms with Crippen LogP contribution in [0.5, 0.6) is 0 Å². The Hall–Kier alpha value is -2.88. The highest BCUT2D eigenvalue weighted by Crippen LogP contribution is 2.27. The SMILES string of the molecule is Cc1cccc(-c2nc3c(=O)[nH]c4ccccc4c3o2)c1. The molecule has 0 radical (unpaired) electrons. The lowest BCUT2D eigenvalue weighted by molar-refractivity contribution is 0.622. The van der Waals surface area contributed by atoms with Crippen LogP contribution in [0, 0.1) is 6.92 Å². The number of aromatic amines is 1. The first-order chi connectivity index (χ1) is 10.2. The molecule has 0 aliphatic carbocycles. The molecule has 1 N–H and O–H groups in total. The molecule has 2 aromatic carbocycles. The molecule has 0 saturated carbocycles. The Kier molecular flexibility index (Phi) is 2.44.